The number of aromatic amines is 1. The van der Waals surface area contributed by atoms with Crippen molar-refractivity contribution in [1.29, 1.82) is 5.26 Å². The Labute approximate surface area is 195 Å². The van der Waals surface area contributed by atoms with Crippen LogP contribution >= 0.6 is 11.6 Å². The van der Waals surface area contributed by atoms with Crippen molar-refractivity contribution < 1.29 is 4.39 Å². The Bertz CT molecular complexity index is 1380. The lowest BCUT2D eigenvalue weighted by Crippen LogP contribution is -2.40. The number of aryl methyl sites for hydroxylation is 1. The van der Waals surface area contributed by atoms with Gasteiger partial charge in [-0.05, 0) is 61.2 Å². The Morgan fingerprint density at radius 2 is 2.00 bits per heavy atom. The van der Waals surface area contributed by atoms with Gasteiger partial charge in [-0.2, -0.15) is 10.4 Å². The van der Waals surface area contributed by atoms with E-state index in [0.29, 0.717) is 22.0 Å². The number of nitriles is 1. The number of nitrogens with one attached hydrogen (secondary N) is 1. The molecule has 0 bridgehead atoms. The van der Waals surface area contributed by atoms with Crippen LogP contribution in [0.2, 0.25) is 5.02 Å². The zero-order chi connectivity index (χ0) is 23.1. The molecule has 0 unspecified atom stereocenters. The summed E-state index contributed by atoms with van der Waals surface area (Å²) in [6, 6.07) is 12.6. The first-order valence-corrected chi connectivity index (χ1v) is 11.2. The van der Waals surface area contributed by atoms with Crippen LogP contribution in [-0.4, -0.2) is 34.3 Å². The fourth-order valence-corrected chi connectivity index (χ4v) is 4.79. The van der Waals surface area contributed by atoms with E-state index in [1.807, 2.05) is 19.1 Å². The third-order valence-corrected chi connectivity index (χ3v) is 6.53. The van der Waals surface area contributed by atoms with Crippen LogP contribution in [0.25, 0.3) is 33.4 Å². The SMILES string of the molecule is Cc1cc(F)cc(-c2cnnc(-c3[nH]c4cc(C#N)ccc4c3Cl)c2N2CCC(N)CC2)c1. The third-order valence-electron chi connectivity index (χ3n) is 6.13. The first-order chi connectivity index (χ1) is 15.9. The maximum Gasteiger partial charge on any atom is 0.135 e. The molecule has 5 rings (SSSR count). The Kier molecular flexibility index (Phi) is 5.49. The Morgan fingerprint density at radius 1 is 1.21 bits per heavy atom. The van der Waals surface area contributed by atoms with Crippen LogP contribution in [0.4, 0.5) is 10.1 Å². The summed E-state index contributed by atoms with van der Waals surface area (Å²) in [6.07, 6.45) is 3.36. The monoisotopic (exact) mass is 460 g/mol. The van der Waals surface area contributed by atoms with Crippen molar-refractivity contribution in [3.05, 3.63) is 64.6 Å². The molecule has 0 radical (unpaired) electrons. The largest absolute Gasteiger partial charge is 0.369 e. The van der Waals surface area contributed by atoms with Crippen molar-refractivity contribution in [2.75, 3.05) is 18.0 Å². The molecule has 0 spiro atoms. The Morgan fingerprint density at radius 3 is 2.73 bits per heavy atom. The lowest BCUT2D eigenvalue weighted by molar-refractivity contribution is 0.501. The average molecular weight is 461 g/mol. The summed E-state index contributed by atoms with van der Waals surface area (Å²) in [7, 11) is 0. The second-order valence-corrected chi connectivity index (χ2v) is 8.86. The van der Waals surface area contributed by atoms with Gasteiger partial charge in [0.1, 0.15) is 11.5 Å². The number of rotatable bonds is 3. The van der Waals surface area contributed by atoms with Gasteiger partial charge in [0, 0.05) is 35.6 Å². The van der Waals surface area contributed by atoms with Crippen LogP contribution in [0.3, 0.4) is 0 Å². The van der Waals surface area contributed by atoms with E-state index >= 15 is 0 Å². The van der Waals surface area contributed by atoms with Gasteiger partial charge in [-0.1, -0.05) is 17.7 Å². The van der Waals surface area contributed by atoms with E-state index in [2.05, 4.69) is 26.2 Å². The van der Waals surface area contributed by atoms with Crippen LogP contribution in [0.5, 0.6) is 0 Å². The molecule has 4 aromatic rings. The van der Waals surface area contributed by atoms with Gasteiger partial charge in [0.2, 0.25) is 0 Å². The minimum absolute atomic E-state index is 0.153. The maximum atomic E-state index is 14.3. The molecular formula is C25H22ClFN6. The molecule has 8 heteroatoms. The minimum atomic E-state index is -0.303. The molecule has 0 atom stereocenters. The molecule has 1 aliphatic rings. The average Bonchev–Trinajstić information content (AvgIpc) is 3.14. The van der Waals surface area contributed by atoms with E-state index in [1.54, 1.807) is 18.3 Å². The van der Waals surface area contributed by atoms with Gasteiger partial charge in [0.05, 0.1) is 34.2 Å². The topological polar surface area (TPSA) is 94.6 Å². The van der Waals surface area contributed by atoms with Crippen molar-refractivity contribution >= 4 is 28.2 Å². The molecule has 166 valence electrons. The molecular weight excluding hydrogens is 439 g/mol. The minimum Gasteiger partial charge on any atom is -0.369 e. The standard InChI is InChI=1S/C25H22ClFN6/c1-14-8-16(11-17(27)9-14)20-13-30-32-24(25(20)33-6-4-18(29)5-7-33)23-22(26)19-3-2-15(12-28)10-21(19)31-23/h2-3,8-11,13,18,31H,4-7,29H2,1H3. The van der Waals surface area contributed by atoms with Crippen molar-refractivity contribution in [1.82, 2.24) is 15.2 Å². The summed E-state index contributed by atoms with van der Waals surface area (Å²) >= 11 is 6.79. The number of piperidine rings is 1. The third kappa shape index (κ3) is 3.92. The van der Waals surface area contributed by atoms with Crippen LogP contribution < -0.4 is 10.6 Å². The summed E-state index contributed by atoms with van der Waals surface area (Å²) < 4.78 is 14.3. The first kappa shape index (κ1) is 21.4. The number of hydrogen-bond acceptors (Lipinski definition) is 5. The van der Waals surface area contributed by atoms with E-state index in [4.69, 9.17) is 17.3 Å². The molecule has 0 aliphatic carbocycles. The number of anilines is 1. The number of aromatic nitrogens is 3. The molecule has 2 aromatic heterocycles. The van der Waals surface area contributed by atoms with Crippen LogP contribution in [0.15, 0.2) is 42.6 Å². The smallest absolute Gasteiger partial charge is 0.135 e. The number of nitrogens with two attached hydrogens (primary N) is 1. The lowest BCUT2D eigenvalue weighted by Gasteiger charge is -2.34. The van der Waals surface area contributed by atoms with Crippen LogP contribution in [0.1, 0.15) is 24.0 Å². The molecule has 0 amide bonds. The van der Waals surface area contributed by atoms with Gasteiger partial charge in [-0.3, -0.25) is 0 Å². The highest BCUT2D eigenvalue weighted by atomic mass is 35.5. The molecule has 0 saturated carbocycles. The van der Waals surface area contributed by atoms with E-state index in [1.165, 1.54) is 12.1 Å². The van der Waals surface area contributed by atoms with E-state index in [9.17, 15) is 9.65 Å². The molecule has 3 N–H and O–H groups in total. The normalized spacial score (nSPS) is 14.6. The fraction of sp³-hybridized carbons (Fsp3) is 0.240. The second-order valence-electron chi connectivity index (χ2n) is 8.48. The zero-order valence-electron chi connectivity index (χ0n) is 18.1. The summed E-state index contributed by atoms with van der Waals surface area (Å²) in [4.78, 5) is 5.56. The predicted octanol–water partition coefficient (Wildman–Crippen LogP) is 5.19. The molecule has 33 heavy (non-hydrogen) atoms. The molecule has 2 aromatic carbocycles. The fourth-order valence-electron chi connectivity index (χ4n) is 4.49. The summed E-state index contributed by atoms with van der Waals surface area (Å²) in [5, 5.41) is 19.3. The van der Waals surface area contributed by atoms with Crippen LogP contribution in [-0.2, 0) is 0 Å². The van der Waals surface area contributed by atoms with E-state index in [0.717, 1.165) is 59.2 Å². The Balaban J connectivity index is 1.75. The molecule has 6 nitrogen and oxygen atoms in total. The van der Waals surface area contributed by atoms with E-state index < -0.39 is 0 Å². The zero-order valence-corrected chi connectivity index (χ0v) is 18.8. The van der Waals surface area contributed by atoms with Gasteiger partial charge >= 0.3 is 0 Å². The van der Waals surface area contributed by atoms with Gasteiger partial charge in [-0.25, -0.2) is 4.39 Å². The number of benzene rings is 2. The highest BCUT2D eigenvalue weighted by Crippen LogP contribution is 2.43. The first-order valence-electron chi connectivity index (χ1n) is 10.8. The second kappa shape index (κ2) is 8.47. The van der Waals surface area contributed by atoms with Gasteiger partial charge in [0.25, 0.3) is 0 Å². The molecule has 1 fully saturated rings. The maximum absolute atomic E-state index is 14.3. The molecule has 1 aliphatic heterocycles. The summed E-state index contributed by atoms with van der Waals surface area (Å²) in [6.45, 7) is 3.36. The van der Waals surface area contributed by atoms with Crippen molar-refractivity contribution in [3.63, 3.8) is 0 Å². The number of halogens is 2. The van der Waals surface area contributed by atoms with Crippen molar-refractivity contribution in [2.24, 2.45) is 5.73 Å². The summed E-state index contributed by atoms with van der Waals surface area (Å²) in [5.74, 6) is -0.303. The number of hydrogen-bond donors (Lipinski definition) is 2. The highest BCUT2D eigenvalue weighted by Gasteiger charge is 2.26. The molecule has 3 heterocycles. The lowest BCUT2D eigenvalue weighted by atomic mass is 9.98. The van der Waals surface area contributed by atoms with Crippen molar-refractivity contribution in [2.45, 2.75) is 25.8 Å². The van der Waals surface area contributed by atoms with E-state index in [-0.39, 0.29) is 11.9 Å². The number of nitrogens with zero attached hydrogens (tertiary/aromatic N) is 4. The number of fused-ring (bicyclic) bond motifs is 1. The summed E-state index contributed by atoms with van der Waals surface area (Å²) in [5.41, 5.74) is 11.8. The quantitative estimate of drug-likeness (QED) is 0.438. The number of H-pyrrole nitrogens is 1. The highest BCUT2D eigenvalue weighted by molar-refractivity contribution is 6.38. The van der Waals surface area contributed by atoms with Crippen molar-refractivity contribution in [3.8, 4) is 28.6 Å². The van der Waals surface area contributed by atoms with Gasteiger partial charge in [0.15, 0.2) is 0 Å². The Hall–Kier alpha value is -3.47. The van der Waals surface area contributed by atoms with Gasteiger partial charge in [-0.15, -0.1) is 5.10 Å². The van der Waals surface area contributed by atoms with Gasteiger partial charge < -0.3 is 15.6 Å². The predicted molar refractivity (Wildman–Crippen MR) is 129 cm³/mol. The molecule has 1 saturated heterocycles. The van der Waals surface area contributed by atoms with Crippen LogP contribution in [0, 0.1) is 24.1 Å².